The van der Waals surface area contributed by atoms with Gasteiger partial charge >= 0.3 is 30.0 Å². The van der Waals surface area contributed by atoms with E-state index in [0.29, 0.717) is 13.1 Å². The van der Waals surface area contributed by atoms with E-state index in [-0.39, 0.29) is 11.8 Å². The fourth-order valence-electron chi connectivity index (χ4n) is 5.80. The minimum absolute atomic E-state index is 0.0317. The highest BCUT2D eigenvalue weighted by atomic mass is 16.8. The molecular formula is C27H29N3O11. The number of rotatable bonds is 5. The van der Waals surface area contributed by atoms with Gasteiger partial charge in [0.25, 0.3) is 0 Å². The molecule has 41 heavy (non-hydrogen) atoms. The van der Waals surface area contributed by atoms with Gasteiger partial charge in [-0.05, 0) is 29.7 Å². The van der Waals surface area contributed by atoms with Crippen LogP contribution in [-0.2, 0) is 47.6 Å². The van der Waals surface area contributed by atoms with Crippen molar-refractivity contribution in [3.8, 4) is 0 Å². The molecule has 2 fully saturated rings. The summed E-state index contributed by atoms with van der Waals surface area (Å²) in [4.78, 5) is 72.2. The molecule has 3 aliphatic rings. The van der Waals surface area contributed by atoms with Crippen LogP contribution in [0.4, 0.5) is 4.79 Å². The van der Waals surface area contributed by atoms with Crippen molar-refractivity contribution in [2.45, 2.75) is 69.7 Å². The van der Waals surface area contributed by atoms with Gasteiger partial charge in [-0.1, -0.05) is 0 Å². The zero-order valence-electron chi connectivity index (χ0n) is 22.8. The number of benzene rings is 1. The van der Waals surface area contributed by atoms with Gasteiger partial charge in [0.15, 0.2) is 18.3 Å². The smallest absolute Gasteiger partial charge is 0.412 e. The third-order valence-electron chi connectivity index (χ3n) is 7.31. The Morgan fingerprint density at radius 3 is 1.80 bits per heavy atom. The molecule has 0 radical (unpaired) electrons. The van der Waals surface area contributed by atoms with E-state index in [1.807, 2.05) is 12.1 Å². The highest BCUT2D eigenvalue weighted by Gasteiger charge is 2.56. The standard InChI is InChI=1S/C27H29N3O11/c1-12(31)37-21-22(38-13(2)32)24(39-14(3)33)26(40-23(21)25(34)36-4)41-27(35)30-10-15-7-16(11-30)18-9-20-19(8-17(15)18)28-5-6-29-20/h5-6,8-9,15-16,21-24,26H,7,10-11H2,1-4H3/t15-,16-,21-,22-,23-,24+,26-/m0/s1. The van der Waals surface area contributed by atoms with Crippen molar-refractivity contribution in [2.24, 2.45) is 0 Å². The first-order chi connectivity index (χ1) is 19.5. The molecule has 7 atom stereocenters. The van der Waals surface area contributed by atoms with Gasteiger partial charge in [0.1, 0.15) is 0 Å². The molecule has 5 rings (SSSR count). The lowest BCUT2D eigenvalue weighted by molar-refractivity contribution is -0.289. The van der Waals surface area contributed by atoms with Crippen molar-refractivity contribution in [2.75, 3.05) is 20.2 Å². The van der Waals surface area contributed by atoms with E-state index < -0.39 is 60.7 Å². The maximum atomic E-state index is 13.5. The van der Waals surface area contributed by atoms with E-state index in [1.54, 1.807) is 12.4 Å². The number of amides is 1. The molecule has 1 aromatic heterocycles. The fraction of sp³-hybridized carbons (Fsp3) is 0.519. The Labute approximate surface area is 234 Å². The lowest BCUT2D eigenvalue weighted by atomic mass is 9.96. The minimum Gasteiger partial charge on any atom is -0.467 e. The second kappa shape index (κ2) is 11.3. The average Bonchev–Trinajstić information content (AvgIpc) is 3.17. The van der Waals surface area contributed by atoms with Crippen LogP contribution in [0.5, 0.6) is 0 Å². The van der Waals surface area contributed by atoms with Gasteiger partial charge in [0.05, 0.1) is 18.1 Å². The van der Waals surface area contributed by atoms with Gasteiger partial charge in [-0.3, -0.25) is 24.4 Å². The van der Waals surface area contributed by atoms with E-state index in [1.165, 1.54) is 4.90 Å². The quantitative estimate of drug-likeness (QED) is 0.372. The van der Waals surface area contributed by atoms with E-state index in [9.17, 15) is 24.0 Å². The summed E-state index contributed by atoms with van der Waals surface area (Å²) in [5.41, 5.74) is 3.71. The number of aromatic nitrogens is 2. The molecule has 1 aromatic carbocycles. The summed E-state index contributed by atoms with van der Waals surface area (Å²) in [6, 6.07) is 4.00. The predicted octanol–water partition coefficient (Wildman–Crippen LogP) is 1.35. The van der Waals surface area contributed by atoms with Crippen LogP contribution in [0.25, 0.3) is 11.0 Å². The molecule has 2 saturated heterocycles. The Morgan fingerprint density at radius 2 is 1.29 bits per heavy atom. The molecule has 0 unspecified atom stereocenters. The van der Waals surface area contributed by atoms with Gasteiger partial charge in [-0.25, -0.2) is 9.59 Å². The van der Waals surface area contributed by atoms with Gasteiger partial charge < -0.3 is 33.3 Å². The van der Waals surface area contributed by atoms with Gasteiger partial charge in [0.2, 0.25) is 12.4 Å². The number of methoxy groups -OCH3 is 1. The van der Waals surface area contributed by atoms with Gasteiger partial charge in [-0.15, -0.1) is 0 Å². The van der Waals surface area contributed by atoms with Crippen LogP contribution < -0.4 is 0 Å². The van der Waals surface area contributed by atoms with Gasteiger partial charge in [-0.2, -0.15) is 0 Å². The molecule has 2 aliphatic heterocycles. The van der Waals surface area contributed by atoms with Gasteiger partial charge in [0, 0.05) is 58.1 Å². The molecule has 14 heteroatoms. The molecule has 1 amide bonds. The lowest BCUT2D eigenvalue weighted by Crippen LogP contribution is -2.64. The van der Waals surface area contributed by atoms with Crippen LogP contribution in [-0.4, -0.2) is 95.7 Å². The molecule has 3 heterocycles. The van der Waals surface area contributed by atoms with Crippen LogP contribution in [0.2, 0.25) is 0 Å². The Balaban J connectivity index is 1.40. The summed E-state index contributed by atoms with van der Waals surface area (Å²) < 4.78 is 32.0. The van der Waals surface area contributed by atoms with Crippen molar-refractivity contribution in [3.05, 3.63) is 35.7 Å². The highest BCUT2D eigenvalue weighted by molar-refractivity contribution is 5.78. The van der Waals surface area contributed by atoms with Crippen molar-refractivity contribution < 1.29 is 52.4 Å². The number of esters is 4. The molecular weight excluding hydrogens is 542 g/mol. The third kappa shape index (κ3) is 5.64. The second-order valence-electron chi connectivity index (χ2n) is 10.1. The first-order valence-corrected chi connectivity index (χ1v) is 13.0. The number of piperidine rings is 1. The number of nitrogens with zero attached hydrogens (tertiary/aromatic N) is 3. The Hall–Kier alpha value is -4.33. The Morgan fingerprint density at radius 1 is 0.780 bits per heavy atom. The first-order valence-electron chi connectivity index (χ1n) is 13.0. The molecule has 0 N–H and O–H groups in total. The predicted molar refractivity (Wildman–Crippen MR) is 135 cm³/mol. The fourth-order valence-corrected chi connectivity index (χ4v) is 5.80. The van der Waals surface area contributed by atoms with Crippen molar-refractivity contribution in [1.82, 2.24) is 14.9 Å². The molecule has 2 bridgehead atoms. The topological polar surface area (TPSA) is 170 Å². The van der Waals surface area contributed by atoms with E-state index >= 15 is 0 Å². The summed E-state index contributed by atoms with van der Waals surface area (Å²) in [5, 5.41) is 0. The summed E-state index contributed by atoms with van der Waals surface area (Å²) in [6.07, 6.45) is -4.74. The van der Waals surface area contributed by atoms with Crippen LogP contribution in [0.1, 0.15) is 50.2 Å². The first kappa shape index (κ1) is 28.2. The maximum Gasteiger partial charge on any atom is 0.412 e. The van der Waals surface area contributed by atoms with Crippen LogP contribution in [0.15, 0.2) is 24.5 Å². The van der Waals surface area contributed by atoms with E-state index in [4.69, 9.17) is 28.4 Å². The highest BCUT2D eigenvalue weighted by Crippen LogP contribution is 2.47. The van der Waals surface area contributed by atoms with Crippen LogP contribution in [0.3, 0.4) is 0 Å². The SMILES string of the molecule is COC(=O)[C@H]1O[C@@H](OC(=O)N2C[C@@H]3C[C@@H](C2)c2cc4nccnc4cc23)[C@H](OC(C)=O)[C@@H](OC(C)=O)[C@@H]1OC(C)=O. The minimum atomic E-state index is -1.70. The number of hydrogen-bond acceptors (Lipinski definition) is 13. The largest absolute Gasteiger partial charge is 0.467 e. The normalized spacial score (nSPS) is 28.3. The number of ether oxygens (including phenoxy) is 6. The number of hydrogen-bond donors (Lipinski definition) is 0. The van der Waals surface area contributed by atoms with E-state index in [0.717, 1.165) is 56.5 Å². The monoisotopic (exact) mass is 571 g/mol. The number of carbonyl (C=O) groups is 5. The number of fused-ring (bicyclic) bond motifs is 6. The zero-order chi connectivity index (χ0) is 29.4. The maximum absolute atomic E-state index is 13.5. The summed E-state index contributed by atoms with van der Waals surface area (Å²) >= 11 is 0. The Bertz CT molecular complexity index is 1350. The molecule has 218 valence electrons. The summed E-state index contributed by atoms with van der Waals surface area (Å²) in [5.74, 6) is -3.41. The summed E-state index contributed by atoms with van der Waals surface area (Å²) in [6.45, 7) is 3.91. The zero-order valence-corrected chi connectivity index (χ0v) is 22.8. The molecule has 2 aromatic rings. The summed E-state index contributed by atoms with van der Waals surface area (Å²) in [7, 11) is 1.08. The molecule has 1 aliphatic carbocycles. The number of carbonyl (C=O) groups excluding carboxylic acids is 5. The Kier molecular flexibility index (Phi) is 7.76. The average molecular weight is 572 g/mol. The third-order valence-corrected chi connectivity index (χ3v) is 7.31. The van der Waals surface area contributed by atoms with Crippen LogP contribution in [0, 0.1) is 0 Å². The van der Waals surface area contributed by atoms with Crippen molar-refractivity contribution in [1.29, 1.82) is 0 Å². The lowest BCUT2D eigenvalue weighted by Gasteiger charge is -2.43. The molecule has 0 saturated carbocycles. The molecule has 14 nitrogen and oxygen atoms in total. The van der Waals surface area contributed by atoms with Crippen LogP contribution >= 0.6 is 0 Å². The second-order valence-corrected chi connectivity index (χ2v) is 10.1. The van der Waals surface area contributed by atoms with Crippen molar-refractivity contribution >= 4 is 41.0 Å². The number of likely N-dealkylation sites (tertiary alicyclic amines) is 1. The van der Waals surface area contributed by atoms with E-state index in [2.05, 4.69) is 9.97 Å². The molecule has 0 spiro atoms. The van der Waals surface area contributed by atoms with Crippen molar-refractivity contribution in [3.63, 3.8) is 0 Å².